The highest BCUT2D eigenvalue weighted by molar-refractivity contribution is 7.16. The summed E-state index contributed by atoms with van der Waals surface area (Å²) in [6, 6.07) is 10.2. The molecule has 1 aliphatic carbocycles. The van der Waals surface area contributed by atoms with E-state index >= 15 is 0 Å². The van der Waals surface area contributed by atoms with Crippen LogP contribution in [-0.2, 0) is 4.74 Å². The Hall–Kier alpha value is -2.99. The van der Waals surface area contributed by atoms with Crippen molar-refractivity contribution in [3.63, 3.8) is 0 Å². The summed E-state index contributed by atoms with van der Waals surface area (Å²) < 4.78 is 5.12. The third-order valence-corrected chi connectivity index (χ3v) is 6.68. The summed E-state index contributed by atoms with van der Waals surface area (Å²) in [4.78, 5) is 15.8. The number of thiophene rings is 1. The van der Waals surface area contributed by atoms with E-state index in [9.17, 15) is 5.11 Å². The van der Waals surface area contributed by atoms with E-state index in [1.807, 2.05) is 31.2 Å². The molecule has 3 heterocycles. The highest BCUT2D eigenvalue weighted by atomic mass is 32.1. The summed E-state index contributed by atoms with van der Waals surface area (Å²) in [6.07, 6.45) is 4.75. The molecular weight excluding hydrogens is 434 g/mol. The van der Waals surface area contributed by atoms with Crippen molar-refractivity contribution in [3.8, 4) is 22.4 Å². The Labute approximate surface area is 198 Å². The van der Waals surface area contributed by atoms with Gasteiger partial charge in [-0.15, -0.1) is 11.3 Å². The Morgan fingerprint density at radius 2 is 2.09 bits per heavy atom. The van der Waals surface area contributed by atoms with E-state index in [4.69, 9.17) is 9.72 Å². The molecule has 0 saturated heterocycles. The van der Waals surface area contributed by atoms with Crippen LogP contribution < -0.4 is 10.6 Å². The van der Waals surface area contributed by atoms with Gasteiger partial charge in [-0.25, -0.2) is 4.98 Å². The van der Waals surface area contributed by atoms with Crippen molar-refractivity contribution >= 4 is 23.1 Å². The SMILES string of the molecule is COCCNc1nc(C)c(C#Cc2ccc(-c3ccccn3)s2)c(NC2CCC(CO)C2)n1. The standard InChI is InChI=1S/C25H29N5O2S/c1-17-21(10-8-20-9-11-23(33-20)22-5-3-4-12-26-22)24(29-19-7-6-18(15-19)16-31)30-25(28-17)27-13-14-32-2/h3-5,9,11-12,18-19,31H,6-7,13-16H2,1-2H3,(H2,27,28,29,30). The number of aliphatic hydroxyl groups is 1. The maximum absolute atomic E-state index is 9.51. The number of hydrogen-bond donors (Lipinski definition) is 3. The summed E-state index contributed by atoms with van der Waals surface area (Å²) in [5.41, 5.74) is 2.56. The van der Waals surface area contributed by atoms with Gasteiger partial charge in [0, 0.05) is 32.5 Å². The monoisotopic (exact) mass is 463 g/mol. The van der Waals surface area contributed by atoms with Gasteiger partial charge in [-0.2, -0.15) is 4.98 Å². The van der Waals surface area contributed by atoms with Crippen LogP contribution in [0.1, 0.15) is 35.4 Å². The molecule has 1 fully saturated rings. The molecule has 0 amide bonds. The molecule has 2 unspecified atom stereocenters. The number of nitrogens with one attached hydrogen (secondary N) is 2. The van der Waals surface area contributed by atoms with Crippen molar-refractivity contribution in [2.24, 2.45) is 5.92 Å². The maximum Gasteiger partial charge on any atom is 0.225 e. The van der Waals surface area contributed by atoms with Crippen LogP contribution in [-0.4, -0.2) is 53.0 Å². The smallest absolute Gasteiger partial charge is 0.225 e. The van der Waals surface area contributed by atoms with Gasteiger partial charge < -0.3 is 20.5 Å². The first-order chi connectivity index (χ1) is 16.2. The minimum Gasteiger partial charge on any atom is -0.396 e. The fourth-order valence-corrected chi connectivity index (χ4v) is 4.75. The first kappa shape index (κ1) is 23.2. The predicted molar refractivity (Wildman–Crippen MR) is 133 cm³/mol. The highest BCUT2D eigenvalue weighted by Gasteiger charge is 2.25. The Morgan fingerprint density at radius 3 is 2.85 bits per heavy atom. The summed E-state index contributed by atoms with van der Waals surface area (Å²) in [5.74, 6) is 8.23. The lowest BCUT2D eigenvalue weighted by Crippen LogP contribution is -2.20. The second-order valence-corrected chi connectivity index (χ2v) is 9.19. The molecule has 7 nitrogen and oxygen atoms in total. The molecule has 0 bridgehead atoms. The fraction of sp³-hybridized carbons (Fsp3) is 0.400. The second-order valence-electron chi connectivity index (χ2n) is 8.11. The molecule has 172 valence electrons. The van der Waals surface area contributed by atoms with Crippen molar-refractivity contribution in [2.75, 3.05) is 37.5 Å². The van der Waals surface area contributed by atoms with Crippen molar-refractivity contribution < 1.29 is 9.84 Å². The summed E-state index contributed by atoms with van der Waals surface area (Å²) in [7, 11) is 1.67. The molecule has 3 aromatic heterocycles. The largest absolute Gasteiger partial charge is 0.396 e. The van der Waals surface area contributed by atoms with Gasteiger partial charge in [-0.05, 0) is 56.4 Å². The molecule has 0 radical (unpaired) electrons. The highest BCUT2D eigenvalue weighted by Crippen LogP contribution is 2.29. The topological polar surface area (TPSA) is 92.2 Å². The molecule has 2 atom stereocenters. The fourth-order valence-electron chi connectivity index (χ4n) is 3.91. The zero-order valence-electron chi connectivity index (χ0n) is 19.0. The Balaban J connectivity index is 1.59. The van der Waals surface area contributed by atoms with E-state index in [1.54, 1.807) is 24.6 Å². The predicted octanol–water partition coefficient (Wildman–Crippen LogP) is 3.94. The molecule has 4 rings (SSSR count). The first-order valence-electron chi connectivity index (χ1n) is 11.2. The number of aryl methyl sites for hydroxylation is 1. The van der Waals surface area contributed by atoms with Gasteiger partial charge in [-0.1, -0.05) is 17.9 Å². The average molecular weight is 464 g/mol. The molecule has 3 N–H and O–H groups in total. The third-order valence-electron chi connectivity index (χ3n) is 5.65. The van der Waals surface area contributed by atoms with Crippen LogP contribution >= 0.6 is 11.3 Å². The average Bonchev–Trinajstić information content (AvgIpc) is 3.49. The number of ether oxygens (including phenoxy) is 1. The van der Waals surface area contributed by atoms with E-state index < -0.39 is 0 Å². The molecule has 0 aromatic carbocycles. The lowest BCUT2D eigenvalue weighted by atomic mass is 10.1. The summed E-state index contributed by atoms with van der Waals surface area (Å²) in [6.45, 7) is 3.39. The van der Waals surface area contributed by atoms with Gasteiger partial charge >= 0.3 is 0 Å². The third kappa shape index (κ3) is 6.08. The van der Waals surface area contributed by atoms with Gasteiger partial charge in [0.25, 0.3) is 0 Å². The number of hydrogen-bond acceptors (Lipinski definition) is 8. The van der Waals surface area contributed by atoms with Crippen molar-refractivity contribution in [3.05, 3.63) is 52.7 Å². The van der Waals surface area contributed by atoms with E-state index in [1.165, 1.54) is 0 Å². The zero-order chi connectivity index (χ0) is 23.0. The zero-order valence-corrected chi connectivity index (χ0v) is 19.8. The number of anilines is 2. The number of pyridine rings is 1. The van der Waals surface area contributed by atoms with Crippen LogP contribution in [0.25, 0.3) is 10.6 Å². The minimum absolute atomic E-state index is 0.231. The van der Waals surface area contributed by atoms with E-state index in [2.05, 4.69) is 38.5 Å². The number of nitrogens with zero attached hydrogens (tertiary/aromatic N) is 3. The van der Waals surface area contributed by atoms with Gasteiger partial charge in [0.05, 0.1) is 33.3 Å². The number of rotatable bonds is 8. The lowest BCUT2D eigenvalue weighted by molar-refractivity contribution is 0.210. The van der Waals surface area contributed by atoms with Crippen molar-refractivity contribution in [2.45, 2.75) is 32.2 Å². The van der Waals surface area contributed by atoms with Gasteiger partial charge in [-0.3, -0.25) is 4.98 Å². The van der Waals surface area contributed by atoms with Gasteiger partial charge in [0.1, 0.15) is 5.82 Å². The van der Waals surface area contributed by atoms with Crippen molar-refractivity contribution in [1.82, 2.24) is 15.0 Å². The van der Waals surface area contributed by atoms with Gasteiger partial charge in [0.2, 0.25) is 5.95 Å². The Kier molecular flexibility index (Phi) is 7.89. The molecule has 8 heteroatoms. The molecule has 33 heavy (non-hydrogen) atoms. The first-order valence-corrected chi connectivity index (χ1v) is 12.0. The number of aromatic nitrogens is 3. The quantitative estimate of drug-likeness (QED) is 0.344. The molecule has 0 aliphatic heterocycles. The summed E-state index contributed by atoms with van der Waals surface area (Å²) >= 11 is 1.62. The molecule has 1 saturated carbocycles. The molecular formula is C25H29N5O2S. The molecule has 3 aromatic rings. The van der Waals surface area contributed by atoms with Crippen LogP contribution in [0.15, 0.2) is 36.5 Å². The van der Waals surface area contributed by atoms with Crippen LogP contribution in [0.2, 0.25) is 0 Å². The van der Waals surface area contributed by atoms with Crippen LogP contribution in [0, 0.1) is 24.7 Å². The van der Waals surface area contributed by atoms with Crippen molar-refractivity contribution in [1.29, 1.82) is 0 Å². The van der Waals surface area contributed by atoms with E-state index in [0.717, 1.165) is 51.8 Å². The number of aliphatic hydroxyl groups excluding tert-OH is 1. The Morgan fingerprint density at radius 1 is 1.18 bits per heavy atom. The molecule has 1 aliphatic rings. The Bertz CT molecular complexity index is 1120. The minimum atomic E-state index is 0.231. The molecule has 0 spiro atoms. The van der Waals surface area contributed by atoms with Crippen LogP contribution in [0.3, 0.4) is 0 Å². The second kappa shape index (κ2) is 11.2. The van der Waals surface area contributed by atoms with E-state index in [-0.39, 0.29) is 12.6 Å². The van der Waals surface area contributed by atoms with Gasteiger partial charge in [0.15, 0.2) is 0 Å². The van der Waals surface area contributed by atoms with E-state index in [0.29, 0.717) is 25.0 Å². The summed E-state index contributed by atoms with van der Waals surface area (Å²) in [5, 5.41) is 16.3. The van der Waals surface area contributed by atoms with Crippen LogP contribution in [0.5, 0.6) is 0 Å². The number of methoxy groups -OCH3 is 1. The van der Waals surface area contributed by atoms with Crippen LogP contribution in [0.4, 0.5) is 11.8 Å². The maximum atomic E-state index is 9.51. The lowest BCUT2D eigenvalue weighted by Gasteiger charge is -2.17. The normalized spacial score (nSPS) is 17.4.